The van der Waals surface area contributed by atoms with Gasteiger partial charge in [-0.3, -0.25) is 0 Å². The minimum absolute atomic E-state index is 0.170. The SMILES string of the molecule is CC(O)CC1CCc2ccccc21. The van der Waals surface area contributed by atoms with Crippen molar-refractivity contribution in [3.8, 4) is 0 Å². The number of hydrogen-bond acceptors (Lipinski definition) is 1. The first-order valence-corrected chi connectivity index (χ1v) is 5.03. The Labute approximate surface area is 79.4 Å². The molecule has 0 spiro atoms. The van der Waals surface area contributed by atoms with Crippen LogP contribution in [0, 0.1) is 0 Å². The summed E-state index contributed by atoms with van der Waals surface area (Å²) in [5, 5.41) is 9.34. The van der Waals surface area contributed by atoms with Gasteiger partial charge >= 0.3 is 0 Å². The van der Waals surface area contributed by atoms with Gasteiger partial charge in [0, 0.05) is 0 Å². The lowest BCUT2D eigenvalue weighted by Crippen LogP contribution is -2.05. The van der Waals surface area contributed by atoms with Gasteiger partial charge in [0.05, 0.1) is 6.10 Å². The van der Waals surface area contributed by atoms with E-state index in [2.05, 4.69) is 24.3 Å². The topological polar surface area (TPSA) is 20.2 Å². The minimum atomic E-state index is -0.170. The molecule has 0 amide bonds. The van der Waals surface area contributed by atoms with Crippen LogP contribution in [0.2, 0.25) is 0 Å². The van der Waals surface area contributed by atoms with Crippen molar-refractivity contribution >= 4 is 0 Å². The van der Waals surface area contributed by atoms with Crippen molar-refractivity contribution in [2.24, 2.45) is 0 Å². The van der Waals surface area contributed by atoms with Crippen LogP contribution in [-0.2, 0) is 6.42 Å². The number of aryl methyl sites for hydroxylation is 1. The van der Waals surface area contributed by atoms with E-state index >= 15 is 0 Å². The van der Waals surface area contributed by atoms with Crippen molar-refractivity contribution in [2.45, 2.75) is 38.2 Å². The Balaban J connectivity index is 2.18. The molecule has 1 aliphatic rings. The second-order valence-electron chi connectivity index (χ2n) is 4.02. The maximum Gasteiger partial charge on any atom is 0.0517 e. The molecule has 0 saturated carbocycles. The molecule has 1 heteroatoms. The first-order chi connectivity index (χ1) is 6.27. The summed E-state index contributed by atoms with van der Waals surface area (Å²) in [7, 11) is 0. The lowest BCUT2D eigenvalue weighted by Gasteiger charge is -2.12. The average Bonchev–Trinajstić information content (AvgIpc) is 2.48. The Morgan fingerprint density at radius 1 is 1.46 bits per heavy atom. The lowest BCUT2D eigenvalue weighted by atomic mass is 9.96. The highest BCUT2D eigenvalue weighted by molar-refractivity contribution is 5.34. The van der Waals surface area contributed by atoms with E-state index in [-0.39, 0.29) is 6.10 Å². The van der Waals surface area contributed by atoms with Gasteiger partial charge in [0.1, 0.15) is 0 Å². The first kappa shape index (κ1) is 8.76. The summed E-state index contributed by atoms with van der Waals surface area (Å²) in [4.78, 5) is 0. The van der Waals surface area contributed by atoms with Crippen molar-refractivity contribution in [3.63, 3.8) is 0 Å². The molecule has 13 heavy (non-hydrogen) atoms. The molecule has 0 heterocycles. The van der Waals surface area contributed by atoms with Gasteiger partial charge in [-0.05, 0) is 43.2 Å². The Bertz CT molecular complexity index is 291. The molecule has 0 radical (unpaired) electrons. The normalized spacial score (nSPS) is 22.8. The largest absolute Gasteiger partial charge is 0.393 e. The summed E-state index contributed by atoms with van der Waals surface area (Å²) in [6.45, 7) is 1.88. The highest BCUT2D eigenvalue weighted by atomic mass is 16.3. The minimum Gasteiger partial charge on any atom is -0.393 e. The molecule has 0 aliphatic heterocycles. The Morgan fingerprint density at radius 3 is 3.00 bits per heavy atom. The molecule has 0 aromatic heterocycles. The number of hydrogen-bond donors (Lipinski definition) is 1. The zero-order chi connectivity index (χ0) is 9.26. The first-order valence-electron chi connectivity index (χ1n) is 5.03. The predicted molar refractivity (Wildman–Crippen MR) is 53.8 cm³/mol. The van der Waals surface area contributed by atoms with E-state index in [1.54, 1.807) is 0 Å². The van der Waals surface area contributed by atoms with Gasteiger partial charge in [-0.15, -0.1) is 0 Å². The molecule has 0 saturated heterocycles. The van der Waals surface area contributed by atoms with Crippen LogP contribution in [0.5, 0.6) is 0 Å². The zero-order valence-corrected chi connectivity index (χ0v) is 8.03. The number of rotatable bonds is 2. The molecule has 70 valence electrons. The Hall–Kier alpha value is -0.820. The van der Waals surface area contributed by atoms with Gasteiger partial charge in [-0.25, -0.2) is 0 Å². The van der Waals surface area contributed by atoms with Gasteiger partial charge in [-0.1, -0.05) is 24.3 Å². The van der Waals surface area contributed by atoms with Gasteiger partial charge < -0.3 is 5.11 Å². The molecule has 1 N–H and O–H groups in total. The molecular weight excluding hydrogens is 160 g/mol. The average molecular weight is 176 g/mol. The van der Waals surface area contributed by atoms with Crippen LogP contribution in [-0.4, -0.2) is 11.2 Å². The van der Waals surface area contributed by atoms with Gasteiger partial charge in [0.15, 0.2) is 0 Å². The number of aliphatic hydroxyl groups is 1. The van der Waals surface area contributed by atoms with Gasteiger partial charge in [-0.2, -0.15) is 0 Å². The van der Waals surface area contributed by atoms with E-state index < -0.39 is 0 Å². The summed E-state index contributed by atoms with van der Waals surface area (Å²) in [5.41, 5.74) is 2.94. The molecule has 2 unspecified atom stereocenters. The zero-order valence-electron chi connectivity index (χ0n) is 8.03. The summed E-state index contributed by atoms with van der Waals surface area (Å²) in [5.74, 6) is 0.594. The number of fused-ring (bicyclic) bond motifs is 1. The highest BCUT2D eigenvalue weighted by Gasteiger charge is 2.22. The predicted octanol–water partition coefficient (Wildman–Crippen LogP) is 2.49. The van der Waals surface area contributed by atoms with E-state index in [9.17, 15) is 5.11 Å². The van der Waals surface area contributed by atoms with Crippen LogP contribution < -0.4 is 0 Å². The monoisotopic (exact) mass is 176 g/mol. The highest BCUT2D eigenvalue weighted by Crippen LogP contribution is 2.35. The molecule has 1 aromatic carbocycles. The molecule has 1 aliphatic carbocycles. The Kier molecular flexibility index (Phi) is 2.36. The molecular formula is C12H16O. The second kappa shape index (κ2) is 3.51. The molecule has 1 aromatic rings. The molecule has 1 nitrogen and oxygen atoms in total. The van der Waals surface area contributed by atoms with E-state index in [0.29, 0.717) is 5.92 Å². The third-order valence-corrected chi connectivity index (χ3v) is 2.88. The summed E-state index contributed by atoms with van der Waals surface area (Å²) >= 11 is 0. The van der Waals surface area contributed by atoms with Gasteiger partial charge in [0.25, 0.3) is 0 Å². The maximum atomic E-state index is 9.34. The fraction of sp³-hybridized carbons (Fsp3) is 0.500. The van der Waals surface area contributed by atoms with Crippen LogP contribution >= 0.6 is 0 Å². The quantitative estimate of drug-likeness (QED) is 0.734. The van der Waals surface area contributed by atoms with Crippen molar-refractivity contribution in [2.75, 3.05) is 0 Å². The fourth-order valence-electron chi connectivity index (χ4n) is 2.30. The van der Waals surface area contributed by atoms with E-state index in [1.165, 1.54) is 24.0 Å². The molecule has 2 atom stereocenters. The van der Waals surface area contributed by atoms with E-state index in [1.807, 2.05) is 6.92 Å². The molecule has 2 rings (SSSR count). The van der Waals surface area contributed by atoms with Crippen molar-refractivity contribution < 1.29 is 5.11 Å². The Morgan fingerprint density at radius 2 is 2.23 bits per heavy atom. The molecule has 0 bridgehead atoms. The van der Waals surface area contributed by atoms with Gasteiger partial charge in [0.2, 0.25) is 0 Å². The van der Waals surface area contributed by atoms with Crippen molar-refractivity contribution in [1.29, 1.82) is 0 Å². The number of aliphatic hydroxyl groups excluding tert-OH is 1. The fourth-order valence-corrected chi connectivity index (χ4v) is 2.30. The third kappa shape index (κ3) is 1.75. The smallest absolute Gasteiger partial charge is 0.0517 e. The van der Waals surface area contributed by atoms with Crippen molar-refractivity contribution in [1.82, 2.24) is 0 Å². The second-order valence-corrected chi connectivity index (χ2v) is 4.02. The van der Waals surface area contributed by atoms with Crippen LogP contribution in [0.1, 0.15) is 36.8 Å². The lowest BCUT2D eigenvalue weighted by molar-refractivity contribution is 0.174. The van der Waals surface area contributed by atoms with E-state index in [4.69, 9.17) is 0 Å². The van der Waals surface area contributed by atoms with E-state index in [0.717, 1.165) is 6.42 Å². The van der Waals surface area contributed by atoms with Crippen LogP contribution in [0.3, 0.4) is 0 Å². The van der Waals surface area contributed by atoms with Crippen LogP contribution in [0.4, 0.5) is 0 Å². The van der Waals surface area contributed by atoms with Crippen LogP contribution in [0.15, 0.2) is 24.3 Å². The van der Waals surface area contributed by atoms with Crippen LogP contribution in [0.25, 0.3) is 0 Å². The standard InChI is InChI=1S/C12H16O/c1-9(13)8-11-7-6-10-4-2-3-5-12(10)11/h2-5,9,11,13H,6-8H2,1H3. The summed E-state index contributed by atoms with van der Waals surface area (Å²) in [6, 6.07) is 8.61. The maximum absolute atomic E-state index is 9.34. The van der Waals surface area contributed by atoms with Crippen molar-refractivity contribution in [3.05, 3.63) is 35.4 Å². The summed E-state index contributed by atoms with van der Waals surface area (Å²) < 4.78 is 0. The third-order valence-electron chi connectivity index (χ3n) is 2.88. The number of benzene rings is 1. The summed E-state index contributed by atoms with van der Waals surface area (Å²) in [6.07, 6.45) is 3.14. The molecule has 0 fully saturated rings.